The molecule has 0 aliphatic carbocycles. The maximum Gasteiger partial charge on any atom is 0.151 e. The lowest BCUT2D eigenvalue weighted by Crippen LogP contribution is -2.20. The molecular weight excluding hydrogens is 333 g/mol. The molecule has 2 aromatic rings. The molecule has 110 valence electrons. The van der Waals surface area contributed by atoms with E-state index in [0.717, 1.165) is 30.2 Å². The molecule has 1 N–H and O–H groups in total. The molecule has 1 aliphatic rings. The van der Waals surface area contributed by atoms with Crippen LogP contribution >= 0.6 is 15.9 Å². The first kappa shape index (κ1) is 14.3. The zero-order chi connectivity index (χ0) is 14.7. The Morgan fingerprint density at radius 3 is 2.81 bits per heavy atom. The molecule has 2 heterocycles. The normalized spacial score (nSPS) is 14.5. The summed E-state index contributed by atoms with van der Waals surface area (Å²) in [7, 11) is 0. The summed E-state index contributed by atoms with van der Waals surface area (Å²) in [5, 5.41) is 3.41. The van der Waals surface area contributed by atoms with Gasteiger partial charge in [0.05, 0.1) is 10.2 Å². The van der Waals surface area contributed by atoms with E-state index in [4.69, 9.17) is 0 Å². The van der Waals surface area contributed by atoms with Gasteiger partial charge in [-0.05, 0) is 58.6 Å². The molecule has 0 spiro atoms. The minimum Gasteiger partial charge on any atom is -0.378 e. The predicted molar refractivity (Wildman–Crippen MR) is 87.1 cm³/mol. The number of benzene rings is 1. The second-order valence-corrected chi connectivity index (χ2v) is 6.03. The highest BCUT2D eigenvalue weighted by Crippen LogP contribution is 2.26. The van der Waals surface area contributed by atoms with Crippen molar-refractivity contribution in [2.75, 3.05) is 23.3 Å². The highest BCUT2D eigenvalue weighted by Gasteiger charge is 2.16. The van der Waals surface area contributed by atoms with Crippen LogP contribution in [-0.2, 0) is 6.54 Å². The topological polar surface area (TPSA) is 28.2 Å². The Morgan fingerprint density at radius 1 is 1.24 bits per heavy atom. The monoisotopic (exact) mass is 349 g/mol. The van der Waals surface area contributed by atoms with Crippen molar-refractivity contribution in [1.82, 2.24) is 4.98 Å². The van der Waals surface area contributed by atoms with E-state index in [0.29, 0.717) is 11.0 Å². The Morgan fingerprint density at radius 2 is 2.05 bits per heavy atom. The Bertz CT molecular complexity index is 627. The van der Waals surface area contributed by atoms with E-state index in [1.54, 1.807) is 12.1 Å². The number of aromatic nitrogens is 1. The number of hydrogen-bond donors (Lipinski definition) is 1. The van der Waals surface area contributed by atoms with E-state index < -0.39 is 0 Å². The van der Waals surface area contributed by atoms with Gasteiger partial charge >= 0.3 is 0 Å². The fourth-order valence-electron chi connectivity index (χ4n) is 2.56. The van der Waals surface area contributed by atoms with Crippen molar-refractivity contribution < 1.29 is 4.39 Å². The first-order valence-corrected chi connectivity index (χ1v) is 7.91. The Labute approximate surface area is 132 Å². The number of nitrogens with one attached hydrogen (secondary N) is 1. The van der Waals surface area contributed by atoms with Gasteiger partial charge in [0.1, 0.15) is 5.82 Å². The van der Waals surface area contributed by atoms with Crippen molar-refractivity contribution >= 4 is 27.4 Å². The third kappa shape index (κ3) is 3.35. The highest BCUT2D eigenvalue weighted by atomic mass is 79.9. The zero-order valence-corrected chi connectivity index (χ0v) is 13.2. The van der Waals surface area contributed by atoms with Crippen LogP contribution in [0.3, 0.4) is 0 Å². The quantitative estimate of drug-likeness (QED) is 0.896. The summed E-state index contributed by atoms with van der Waals surface area (Å²) >= 11 is 3.22. The highest BCUT2D eigenvalue weighted by molar-refractivity contribution is 9.10. The lowest BCUT2D eigenvalue weighted by molar-refractivity contribution is 0.620. The van der Waals surface area contributed by atoms with Gasteiger partial charge in [0.15, 0.2) is 5.82 Å². The molecule has 0 bridgehead atoms. The van der Waals surface area contributed by atoms with E-state index in [-0.39, 0.29) is 5.82 Å². The number of pyridine rings is 1. The number of rotatable bonds is 4. The first-order chi connectivity index (χ1) is 10.2. The summed E-state index contributed by atoms with van der Waals surface area (Å²) in [6.07, 6.45) is 4.27. The van der Waals surface area contributed by atoms with Crippen LogP contribution in [0.4, 0.5) is 15.9 Å². The summed E-state index contributed by atoms with van der Waals surface area (Å²) in [6.45, 7) is 2.77. The molecule has 21 heavy (non-hydrogen) atoms. The van der Waals surface area contributed by atoms with Gasteiger partial charge in [-0.2, -0.15) is 0 Å². The van der Waals surface area contributed by atoms with Gasteiger partial charge in [-0.25, -0.2) is 9.37 Å². The van der Waals surface area contributed by atoms with Crippen LogP contribution in [0, 0.1) is 5.82 Å². The molecule has 1 aromatic carbocycles. The molecule has 3 rings (SSSR count). The molecule has 1 saturated heterocycles. The van der Waals surface area contributed by atoms with Crippen molar-refractivity contribution in [3.63, 3.8) is 0 Å². The predicted octanol–water partition coefficient (Wildman–Crippen LogP) is 4.20. The van der Waals surface area contributed by atoms with Crippen molar-refractivity contribution in [1.29, 1.82) is 0 Å². The summed E-state index contributed by atoms with van der Waals surface area (Å²) in [5.41, 5.74) is 2.05. The maximum absolute atomic E-state index is 13.2. The Kier molecular flexibility index (Phi) is 4.39. The van der Waals surface area contributed by atoms with Gasteiger partial charge in [-0.3, -0.25) is 0 Å². The molecule has 1 fully saturated rings. The molecule has 0 saturated carbocycles. The molecule has 1 aromatic heterocycles. The third-order valence-corrected chi connectivity index (χ3v) is 4.27. The molecule has 0 amide bonds. The standard InChI is InChI=1S/C16H17BrFN3/c17-13-10-12(5-6-14(13)18)11-20-15-4-3-7-19-16(15)21-8-1-2-9-21/h3-7,10,20H,1-2,8-9,11H2. The smallest absolute Gasteiger partial charge is 0.151 e. The fourth-order valence-corrected chi connectivity index (χ4v) is 2.99. The molecule has 0 radical (unpaired) electrons. The summed E-state index contributed by atoms with van der Waals surface area (Å²) in [4.78, 5) is 6.81. The summed E-state index contributed by atoms with van der Waals surface area (Å²) in [6, 6.07) is 9.04. The molecule has 3 nitrogen and oxygen atoms in total. The number of halogens is 2. The van der Waals surface area contributed by atoms with Crippen LogP contribution in [0.25, 0.3) is 0 Å². The number of hydrogen-bond acceptors (Lipinski definition) is 3. The van der Waals surface area contributed by atoms with Crippen LogP contribution in [0.15, 0.2) is 41.0 Å². The van der Waals surface area contributed by atoms with Crippen LogP contribution in [-0.4, -0.2) is 18.1 Å². The van der Waals surface area contributed by atoms with Gasteiger partial charge in [-0.15, -0.1) is 0 Å². The number of anilines is 2. The van der Waals surface area contributed by atoms with Crippen molar-refractivity contribution in [2.45, 2.75) is 19.4 Å². The van der Waals surface area contributed by atoms with E-state index in [2.05, 4.69) is 31.1 Å². The maximum atomic E-state index is 13.2. The lowest BCUT2D eigenvalue weighted by atomic mass is 10.2. The second-order valence-electron chi connectivity index (χ2n) is 5.17. The van der Waals surface area contributed by atoms with Gasteiger partial charge in [0.25, 0.3) is 0 Å². The summed E-state index contributed by atoms with van der Waals surface area (Å²) < 4.78 is 13.7. The minimum atomic E-state index is -0.238. The molecule has 5 heteroatoms. The van der Waals surface area contributed by atoms with Gasteiger partial charge in [-0.1, -0.05) is 6.07 Å². The first-order valence-electron chi connectivity index (χ1n) is 7.12. The van der Waals surface area contributed by atoms with Crippen LogP contribution in [0.5, 0.6) is 0 Å². The van der Waals surface area contributed by atoms with Crippen LogP contribution < -0.4 is 10.2 Å². The fraction of sp³-hybridized carbons (Fsp3) is 0.312. The molecule has 0 unspecified atom stereocenters. The van der Waals surface area contributed by atoms with E-state index in [1.807, 2.05) is 18.3 Å². The zero-order valence-electron chi connectivity index (χ0n) is 11.6. The van der Waals surface area contributed by atoms with E-state index in [9.17, 15) is 4.39 Å². The van der Waals surface area contributed by atoms with Crippen molar-refractivity contribution in [3.05, 3.63) is 52.4 Å². The average molecular weight is 350 g/mol. The van der Waals surface area contributed by atoms with Crippen LogP contribution in [0.2, 0.25) is 0 Å². The SMILES string of the molecule is Fc1ccc(CNc2cccnc2N2CCCC2)cc1Br. The minimum absolute atomic E-state index is 0.238. The van der Waals surface area contributed by atoms with Crippen molar-refractivity contribution in [3.8, 4) is 0 Å². The lowest BCUT2D eigenvalue weighted by Gasteiger charge is -2.20. The Hall–Kier alpha value is -1.62. The largest absolute Gasteiger partial charge is 0.378 e. The van der Waals surface area contributed by atoms with Crippen molar-refractivity contribution in [2.24, 2.45) is 0 Å². The van der Waals surface area contributed by atoms with Gasteiger partial charge in [0.2, 0.25) is 0 Å². The third-order valence-electron chi connectivity index (χ3n) is 3.66. The summed E-state index contributed by atoms with van der Waals surface area (Å²) in [5.74, 6) is 0.772. The van der Waals surface area contributed by atoms with E-state index in [1.165, 1.54) is 18.9 Å². The molecular formula is C16H17BrFN3. The van der Waals surface area contributed by atoms with Gasteiger partial charge < -0.3 is 10.2 Å². The Balaban J connectivity index is 1.74. The second kappa shape index (κ2) is 6.43. The average Bonchev–Trinajstić information content (AvgIpc) is 3.03. The molecule has 1 aliphatic heterocycles. The van der Waals surface area contributed by atoms with Gasteiger partial charge in [0, 0.05) is 25.8 Å². The number of nitrogens with zero attached hydrogens (tertiary/aromatic N) is 2. The molecule has 0 atom stereocenters. The van der Waals surface area contributed by atoms with Crippen LogP contribution in [0.1, 0.15) is 18.4 Å². The van der Waals surface area contributed by atoms with E-state index >= 15 is 0 Å².